The molecule has 7 nitrogen and oxygen atoms in total. The van der Waals surface area contributed by atoms with Gasteiger partial charge in [-0.2, -0.15) is 0 Å². The number of benzene rings is 2. The number of fused-ring (bicyclic) bond motifs is 5. The number of hydrogen-bond acceptors (Lipinski definition) is 6. The number of rotatable bonds is 0. The topological polar surface area (TPSA) is 84.9 Å². The number of aryl methyl sites for hydroxylation is 1. The fraction of sp³-hybridized carbons (Fsp3) is 0.571. The summed E-state index contributed by atoms with van der Waals surface area (Å²) in [7, 11) is -3.89. The standard InChI is InChI=1S/C35H43ClN2O5S/c1-23-6-3-15-35(16-5-17-43-35)30-11-8-27(30)20-38-21-34(14-4-7-25-18-28(36)10-12-29(25)34)22-42-32-13-9-26(19-31(32)38)33(39)37-44(40,41)24(23)2/h3,9-10,12-13,15,18-19,23-24,27,30H,4-8,11,14,16-17,20-22H2,1-2H3,(H,37,39)/b15-3-/t23-,24+,27-,30+,34-,35-/m0/s1. The SMILES string of the molecule is C[C@@H]1[C@@H](C)C/C=C\[C@]2(CCCO2)[C@@H]2CC[C@H]2CN2C[C@@]3(CCCc4cc(Cl)ccc43)COc3ccc(cc32)C(=O)NS1(=O)=O. The maximum atomic E-state index is 13.4. The van der Waals surface area contributed by atoms with Crippen molar-refractivity contribution in [1.82, 2.24) is 4.72 Å². The Kier molecular flexibility index (Phi) is 7.78. The van der Waals surface area contributed by atoms with Gasteiger partial charge in [-0.05, 0) is 118 Å². The summed E-state index contributed by atoms with van der Waals surface area (Å²) in [5, 5.41) is 0.0199. The van der Waals surface area contributed by atoms with Gasteiger partial charge in [0.1, 0.15) is 5.75 Å². The highest BCUT2D eigenvalue weighted by Gasteiger charge is 2.50. The first-order valence-corrected chi connectivity index (χ1v) is 18.2. The minimum Gasteiger partial charge on any atom is -0.490 e. The van der Waals surface area contributed by atoms with E-state index in [9.17, 15) is 13.2 Å². The van der Waals surface area contributed by atoms with E-state index in [1.807, 2.05) is 25.1 Å². The third-order valence-corrected chi connectivity index (χ3v) is 13.5. The Morgan fingerprint density at radius 2 is 1.93 bits per heavy atom. The maximum Gasteiger partial charge on any atom is 0.264 e. The molecule has 236 valence electrons. The predicted molar refractivity (Wildman–Crippen MR) is 173 cm³/mol. The number of carbonyl (C=O) groups excluding carboxylic acids is 1. The number of carbonyl (C=O) groups is 1. The number of halogens is 1. The van der Waals surface area contributed by atoms with Crippen LogP contribution in [0.5, 0.6) is 5.75 Å². The Labute approximate surface area is 266 Å². The lowest BCUT2D eigenvalue weighted by Gasteiger charge is -2.49. The second kappa shape index (κ2) is 11.4. The first kappa shape index (κ1) is 30.1. The monoisotopic (exact) mass is 638 g/mol. The molecule has 1 saturated carbocycles. The van der Waals surface area contributed by atoms with E-state index >= 15 is 0 Å². The van der Waals surface area contributed by atoms with Crippen molar-refractivity contribution in [2.75, 3.05) is 31.2 Å². The number of nitrogens with one attached hydrogen (secondary N) is 1. The van der Waals surface area contributed by atoms with Crippen molar-refractivity contribution in [3.63, 3.8) is 0 Å². The smallest absolute Gasteiger partial charge is 0.264 e. The van der Waals surface area contributed by atoms with Crippen LogP contribution in [-0.2, 0) is 26.6 Å². The fourth-order valence-electron chi connectivity index (χ4n) is 8.46. The first-order valence-electron chi connectivity index (χ1n) is 16.3. The number of hydrogen-bond donors (Lipinski definition) is 1. The summed E-state index contributed by atoms with van der Waals surface area (Å²) in [6.45, 7) is 6.47. The lowest BCUT2D eigenvalue weighted by molar-refractivity contribution is -0.0626. The van der Waals surface area contributed by atoms with Gasteiger partial charge in [0.2, 0.25) is 10.0 Å². The van der Waals surface area contributed by atoms with Gasteiger partial charge in [-0.25, -0.2) is 13.1 Å². The summed E-state index contributed by atoms with van der Waals surface area (Å²) >= 11 is 6.43. The van der Waals surface area contributed by atoms with Crippen molar-refractivity contribution in [2.24, 2.45) is 17.8 Å². The van der Waals surface area contributed by atoms with E-state index in [1.54, 1.807) is 13.0 Å². The zero-order valence-corrected chi connectivity index (χ0v) is 27.3. The van der Waals surface area contributed by atoms with E-state index in [4.69, 9.17) is 21.1 Å². The molecule has 0 aromatic heterocycles. The summed E-state index contributed by atoms with van der Waals surface area (Å²) in [4.78, 5) is 15.9. The normalized spacial score (nSPS) is 35.5. The van der Waals surface area contributed by atoms with Crippen LogP contribution in [-0.4, -0.2) is 51.5 Å². The Hall–Kier alpha value is -2.55. The molecule has 7 rings (SSSR count). The molecule has 9 heteroatoms. The van der Waals surface area contributed by atoms with Crippen molar-refractivity contribution in [3.05, 3.63) is 70.3 Å². The molecule has 44 heavy (non-hydrogen) atoms. The summed E-state index contributed by atoms with van der Waals surface area (Å²) in [5.41, 5.74) is 3.21. The number of nitrogens with zero attached hydrogens (tertiary/aromatic N) is 1. The Bertz CT molecular complexity index is 1590. The van der Waals surface area contributed by atoms with Crippen LogP contribution < -0.4 is 14.4 Å². The third-order valence-electron chi connectivity index (χ3n) is 11.3. The lowest BCUT2D eigenvalue weighted by Crippen LogP contribution is -2.52. The van der Waals surface area contributed by atoms with Gasteiger partial charge in [0, 0.05) is 35.7 Å². The molecule has 3 aliphatic heterocycles. The molecular formula is C35H43ClN2O5S. The van der Waals surface area contributed by atoms with Gasteiger partial charge in [-0.1, -0.05) is 36.7 Å². The number of allylic oxidation sites excluding steroid dienone is 1. The molecule has 2 fully saturated rings. The van der Waals surface area contributed by atoms with E-state index in [1.165, 1.54) is 11.1 Å². The van der Waals surface area contributed by atoms with Gasteiger partial charge < -0.3 is 14.4 Å². The molecule has 6 atom stereocenters. The van der Waals surface area contributed by atoms with E-state index in [2.05, 4.69) is 33.9 Å². The average Bonchev–Trinajstić information content (AvgIpc) is 3.38. The number of ether oxygens (including phenoxy) is 2. The minimum atomic E-state index is -3.89. The molecule has 5 aliphatic rings. The zero-order chi connectivity index (χ0) is 30.7. The summed E-state index contributed by atoms with van der Waals surface area (Å²) < 4.78 is 42.2. The highest BCUT2D eigenvalue weighted by molar-refractivity contribution is 7.90. The van der Waals surface area contributed by atoms with E-state index in [0.29, 0.717) is 30.4 Å². The van der Waals surface area contributed by atoms with E-state index < -0.39 is 21.2 Å². The highest BCUT2D eigenvalue weighted by atomic mass is 35.5. The molecule has 2 aromatic rings. The van der Waals surface area contributed by atoms with Gasteiger partial charge in [0.15, 0.2) is 0 Å². The lowest BCUT2D eigenvalue weighted by atomic mass is 9.63. The Morgan fingerprint density at radius 1 is 1.07 bits per heavy atom. The summed E-state index contributed by atoms with van der Waals surface area (Å²) in [5.74, 6) is 0.772. The third kappa shape index (κ3) is 5.25. The van der Waals surface area contributed by atoms with Crippen molar-refractivity contribution in [3.8, 4) is 5.75 Å². The van der Waals surface area contributed by atoms with E-state index in [-0.39, 0.29) is 16.9 Å². The van der Waals surface area contributed by atoms with Crippen LogP contribution in [0.25, 0.3) is 0 Å². The number of sulfonamides is 1. The van der Waals surface area contributed by atoms with Crippen LogP contribution in [0.1, 0.15) is 80.3 Å². The van der Waals surface area contributed by atoms with Crippen LogP contribution in [0, 0.1) is 17.8 Å². The van der Waals surface area contributed by atoms with Gasteiger partial charge in [0.05, 0.1) is 23.1 Å². The zero-order valence-electron chi connectivity index (χ0n) is 25.7. The molecule has 3 heterocycles. The number of amides is 1. The highest BCUT2D eigenvalue weighted by Crippen LogP contribution is 2.51. The molecule has 1 amide bonds. The molecule has 1 N–H and O–H groups in total. The van der Waals surface area contributed by atoms with Crippen LogP contribution in [0.15, 0.2) is 48.6 Å². The first-order chi connectivity index (χ1) is 21.1. The molecular weight excluding hydrogens is 596 g/mol. The quantitative estimate of drug-likeness (QED) is 0.335. The second-order valence-electron chi connectivity index (χ2n) is 13.9. The second-order valence-corrected chi connectivity index (χ2v) is 16.4. The van der Waals surface area contributed by atoms with Crippen molar-refractivity contribution < 1.29 is 22.7 Å². The Balaban J connectivity index is 1.32. The molecule has 2 aromatic carbocycles. The molecule has 0 unspecified atom stereocenters. The fourth-order valence-corrected chi connectivity index (χ4v) is 9.94. The van der Waals surface area contributed by atoms with Gasteiger partial charge in [-0.3, -0.25) is 4.79 Å². The molecule has 2 spiro atoms. The Morgan fingerprint density at radius 3 is 2.70 bits per heavy atom. The van der Waals surface area contributed by atoms with Crippen molar-refractivity contribution in [2.45, 2.75) is 81.5 Å². The summed E-state index contributed by atoms with van der Waals surface area (Å²) in [6.07, 6.45) is 12.3. The molecule has 2 aliphatic carbocycles. The average molecular weight is 639 g/mol. The van der Waals surface area contributed by atoms with Gasteiger partial charge in [-0.15, -0.1) is 0 Å². The van der Waals surface area contributed by atoms with Crippen molar-refractivity contribution in [1.29, 1.82) is 0 Å². The van der Waals surface area contributed by atoms with Gasteiger partial charge >= 0.3 is 0 Å². The molecule has 0 radical (unpaired) electrons. The van der Waals surface area contributed by atoms with Gasteiger partial charge in [0.25, 0.3) is 5.91 Å². The summed E-state index contributed by atoms with van der Waals surface area (Å²) in [6, 6.07) is 11.6. The van der Waals surface area contributed by atoms with Crippen LogP contribution in [0.4, 0.5) is 5.69 Å². The van der Waals surface area contributed by atoms with E-state index in [0.717, 1.165) is 81.1 Å². The number of anilines is 1. The van der Waals surface area contributed by atoms with Crippen LogP contribution in [0.3, 0.4) is 0 Å². The largest absolute Gasteiger partial charge is 0.490 e. The molecule has 1 saturated heterocycles. The van der Waals surface area contributed by atoms with Crippen molar-refractivity contribution >= 4 is 33.2 Å². The molecule has 2 bridgehead atoms. The van der Waals surface area contributed by atoms with Crippen LogP contribution in [0.2, 0.25) is 5.02 Å². The maximum absolute atomic E-state index is 13.4. The predicted octanol–water partition coefficient (Wildman–Crippen LogP) is 6.43. The van der Waals surface area contributed by atoms with Crippen LogP contribution >= 0.6 is 11.6 Å². The minimum absolute atomic E-state index is 0.166.